The third-order valence-electron chi connectivity index (χ3n) is 4.58. The second kappa shape index (κ2) is 8.65. The lowest BCUT2D eigenvalue weighted by Gasteiger charge is -2.33. The fraction of sp³-hybridized carbons (Fsp3) is 0.444. The van der Waals surface area contributed by atoms with Crippen molar-refractivity contribution in [2.45, 2.75) is 24.0 Å². The van der Waals surface area contributed by atoms with Gasteiger partial charge in [-0.25, -0.2) is 13.1 Å². The normalized spacial score (nSPS) is 17.4. The minimum Gasteiger partial charge on any atom is -0.465 e. The Morgan fingerprint density at radius 3 is 2.48 bits per heavy atom. The summed E-state index contributed by atoms with van der Waals surface area (Å²) in [5, 5.41) is -0.200. The average Bonchev–Trinajstić information content (AvgIpc) is 3.08. The van der Waals surface area contributed by atoms with Crippen LogP contribution in [0.4, 0.5) is 13.2 Å². The second-order valence-electron chi connectivity index (χ2n) is 6.60. The Morgan fingerprint density at radius 1 is 1.21 bits per heavy atom. The van der Waals surface area contributed by atoms with Crippen LogP contribution in [0.15, 0.2) is 39.6 Å². The van der Waals surface area contributed by atoms with Crippen molar-refractivity contribution in [2.75, 3.05) is 32.8 Å². The number of aryl methyl sites for hydroxylation is 1. The molecule has 1 aromatic carbocycles. The molecule has 160 valence electrons. The van der Waals surface area contributed by atoms with Crippen LogP contribution in [0.5, 0.6) is 0 Å². The zero-order valence-corrected chi connectivity index (χ0v) is 17.1. The molecule has 2 heterocycles. The molecule has 1 aliphatic rings. The zero-order valence-electron chi connectivity index (χ0n) is 15.5. The number of benzene rings is 1. The van der Waals surface area contributed by atoms with Crippen LogP contribution in [-0.2, 0) is 20.9 Å². The molecule has 1 fully saturated rings. The molecule has 0 aliphatic carbocycles. The van der Waals surface area contributed by atoms with E-state index in [-0.39, 0.29) is 11.6 Å². The van der Waals surface area contributed by atoms with Gasteiger partial charge in [0, 0.05) is 24.7 Å². The first-order valence-electron chi connectivity index (χ1n) is 8.82. The van der Waals surface area contributed by atoms with Gasteiger partial charge in [0.2, 0.25) is 10.0 Å². The summed E-state index contributed by atoms with van der Waals surface area (Å²) in [5.41, 5.74) is -1.31. The number of rotatable bonds is 6. The van der Waals surface area contributed by atoms with Gasteiger partial charge in [-0.05, 0) is 37.3 Å². The summed E-state index contributed by atoms with van der Waals surface area (Å²) in [6.45, 7) is 3.63. The van der Waals surface area contributed by atoms with Crippen molar-refractivity contribution in [3.8, 4) is 0 Å². The van der Waals surface area contributed by atoms with E-state index in [4.69, 9.17) is 20.8 Å². The number of hydrogen-bond donors (Lipinski definition) is 1. The van der Waals surface area contributed by atoms with Crippen LogP contribution in [0.3, 0.4) is 0 Å². The third-order valence-corrected chi connectivity index (χ3v) is 6.30. The number of nitrogens with zero attached hydrogens (tertiary/aromatic N) is 1. The Balaban J connectivity index is 1.87. The van der Waals surface area contributed by atoms with Crippen LogP contribution in [-0.4, -0.2) is 46.2 Å². The molecule has 11 heteroatoms. The van der Waals surface area contributed by atoms with E-state index < -0.39 is 32.7 Å². The molecule has 2 aromatic rings. The number of alkyl halides is 3. The quantitative estimate of drug-likeness (QED) is 0.725. The number of sulfonamides is 1. The molecule has 1 atom stereocenters. The molecule has 1 saturated heterocycles. The second-order valence-corrected chi connectivity index (χ2v) is 8.77. The van der Waals surface area contributed by atoms with Crippen LogP contribution in [0.2, 0.25) is 5.02 Å². The van der Waals surface area contributed by atoms with Crippen LogP contribution < -0.4 is 4.72 Å². The number of ether oxygens (including phenoxy) is 1. The number of nitrogens with one attached hydrogen (secondary N) is 1. The zero-order chi connectivity index (χ0) is 21.2. The summed E-state index contributed by atoms with van der Waals surface area (Å²) in [6.07, 6.45) is -4.86. The largest absolute Gasteiger partial charge is 0.465 e. The van der Waals surface area contributed by atoms with Crippen molar-refractivity contribution < 1.29 is 30.7 Å². The SMILES string of the molecule is Cc1ccc([C@@H](CNS(=O)(=O)c2ccc(Cl)cc2C(F)(F)F)N2CCOCC2)o1. The number of halogens is 4. The molecule has 1 aliphatic heterocycles. The van der Waals surface area contributed by atoms with E-state index in [1.807, 2.05) is 4.90 Å². The Bertz CT molecular complexity index is 956. The van der Waals surface area contributed by atoms with Crippen LogP contribution >= 0.6 is 11.6 Å². The summed E-state index contributed by atoms with van der Waals surface area (Å²) in [4.78, 5) is 1.10. The van der Waals surface area contributed by atoms with E-state index in [1.54, 1.807) is 19.1 Å². The first kappa shape index (κ1) is 22.1. The highest BCUT2D eigenvalue weighted by molar-refractivity contribution is 7.89. The molecule has 29 heavy (non-hydrogen) atoms. The molecule has 1 N–H and O–H groups in total. The number of hydrogen-bond acceptors (Lipinski definition) is 5. The van der Waals surface area contributed by atoms with Crippen molar-refractivity contribution in [2.24, 2.45) is 0 Å². The molecular weight excluding hydrogens is 433 g/mol. The lowest BCUT2D eigenvalue weighted by molar-refractivity contribution is -0.139. The number of furan rings is 1. The molecule has 0 saturated carbocycles. The highest BCUT2D eigenvalue weighted by atomic mass is 35.5. The maximum absolute atomic E-state index is 13.3. The van der Waals surface area contributed by atoms with Gasteiger partial charge in [0.25, 0.3) is 0 Å². The smallest absolute Gasteiger partial charge is 0.417 e. The van der Waals surface area contributed by atoms with Gasteiger partial charge < -0.3 is 9.15 Å². The molecule has 1 aromatic heterocycles. The van der Waals surface area contributed by atoms with Crippen LogP contribution in [0, 0.1) is 6.92 Å². The molecule has 0 spiro atoms. The predicted molar refractivity (Wildman–Crippen MR) is 100 cm³/mol. The summed E-state index contributed by atoms with van der Waals surface area (Å²) in [6, 6.07) is 5.57. The molecule has 0 unspecified atom stereocenters. The Labute approximate surface area is 171 Å². The Morgan fingerprint density at radius 2 is 1.90 bits per heavy atom. The average molecular weight is 453 g/mol. The predicted octanol–water partition coefficient (Wildman–Crippen LogP) is 3.61. The van der Waals surface area contributed by atoms with Crippen molar-refractivity contribution in [3.63, 3.8) is 0 Å². The topological polar surface area (TPSA) is 71.8 Å². The summed E-state index contributed by atoms with van der Waals surface area (Å²) >= 11 is 5.64. The first-order chi connectivity index (χ1) is 13.6. The van der Waals surface area contributed by atoms with Gasteiger partial charge in [-0.3, -0.25) is 4.90 Å². The van der Waals surface area contributed by atoms with E-state index in [9.17, 15) is 21.6 Å². The fourth-order valence-corrected chi connectivity index (χ4v) is 4.57. The Kier molecular flexibility index (Phi) is 6.59. The van der Waals surface area contributed by atoms with Crippen molar-refractivity contribution in [3.05, 3.63) is 52.4 Å². The number of morpholine rings is 1. The van der Waals surface area contributed by atoms with Gasteiger partial charge in [-0.15, -0.1) is 0 Å². The summed E-state index contributed by atoms with van der Waals surface area (Å²) in [5.74, 6) is 1.18. The van der Waals surface area contributed by atoms with Crippen molar-refractivity contribution in [1.82, 2.24) is 9.62 Å². The standard InChI is InChI=1S/C18H20ClF3N2O4S/c1-12-2-4-16(28-12)15(24-6-8-27-9-7-24)11-23-29(25,26)17-5-3-13(19)10-14(17)18(20,21)22/h2-5,10,15,23H,6-9,11H2,1H3/t15-/m1/s1. The maximum atomic E-state index is 13.3. The minimum absolute atomic E-state index is 0.158. The van der Waals surface area contributed by atoms with E-state index >= 15 is 0 Å². The van der Waals surface area contributed by atoms with Crippen molar-refractivity contribution >= 4 is 21.6 Å². The van der Waals surface area contributed by atoms with Crippen molar-refractivity contribution in [1.29, 1.82) is 0 Å². The fourth-order valence-electron chi connectivity index (χ4n) is 3.16. The highest BCUT2D eigenvalue weighted by Gasteiger charge is 2.38. The molecule has 0 bridgehead atoms. The minimum atomic E-state index is -4.86. The Hall–Kier alpha value is -1.59. The van der Waals surface area contributed by atoms with E-state index in [0.717, 1.165) is 12.1 Å². The lowest BCUT2D eigenvalue weighted by Crippen LogP contribution is -2.43. The lowest BCUT2D eigenvalue weighted by atomic mass is 10.2. The van der Waals surface area contributed by atoms with E-state index in [0.29, 0.717) is 43.9 Å². The summed E-state index contributed by atoms with van der Waals surface area (Å²) < 4.78 is 78.7. The highest BCUT2D eigenvalue weighted by Crippen LogP contribution is 2.36. The van der Waals surface area contributed by atoms with Crippen LogP contribution in [0.25, 0.3) is 0 Å². The molecule has 0 amide bonds. The van der Waals surface area contributed by atoms with E-state index in [1.165, 1.54) is 0 Å². The molecular formula is C18H20ClF3N2O4S. The molecule has 6 nitrogen and oxygen atoms in total. The molecule has 0 radical (unpaired) electrons. The maximum Gasteiger partial charge on any atom is 0.417 e. The summed E-state index contributed by atoms with van der Waals surface area (Å²) in [7, 11) is -4.45. The van der Waals surface area contributed by atoms with Crippen LogP contribution in [0.1, 0.15) is 23.1 Å². The van der Waals surface area contributed by atoms with Gasteiger partial charge in [-0.2, -0.15) is 13.2 Å². The van der Waals surface area contributed by atoms with E-state index in [2.05, 4.69) is 4.72 Å². The molecule has 3 rings (SSSR count). The first-order valence-corrected chi connectivity index (χ1v) is 10.7. The van der Waals surface area contributed by atoms with Gasteiger partial charge in [0.05, 0.1) is 29.7 Å². The van der Waals surface area contributed by atoms with Gasteiger partial charge in [0.1, 0.15) is 11.5 Å². The monoisotopic (exact) mass is 452 g/mol. The van der Waals surface area contributed by atoms with Gasteiger partial charge >= 0.3 is 6.18 Å². The van der Waals surface area contributed by atoms with Gasteiger partial charge in [-0.1, -0.05) is 11.6 Å². The third kappa shape index (κ3) is 5.32. The van der Waals surface area contributed by atoms with Gasteiger partial charge in [0.15, 0.2) is 0 Å².